The number of nitrogens with zero attached hydrogens (tertiary/aromatic N) is 2. The third-order valence-electron chi connectivity index (χ3n) is 3.54. The molecule has 0 bridgehead atoms. The van der Waals surface area contributed by atoms with E-state index in [0.717, 1.165) is 12.2 Å². The summed E-state index contributed by atoms with van der Waals surface area (Å²) < 4.78 is 20.3. The number of halogens is 1. The summed E-state index contributed by atoms with van der Waals surface area (Å²) in [5.41, 5.74) is 1.53. The van der Waals surface area contributed by atoms with Gasteiger partial charge in [0.15, 0.2) is 5.76 Å². The van der Waals surface area contributed by atoms with E-state index in [1.807, 2.05) is 19.9 Å². The molecule has 0 spiro atoms. The Balaban J connectivity index is 2.05. The van der Waals surface area contributed by atoms with Crippen LogP contribution in [-0.2, 0) is 0 Å². The molecule has 6 heteroatoms. The zero-order valence-electron chi connectivity index (χ0n) is 13.5. The normalized spacial score (nSPS) is 10.8. The van der Waals surface area contributed by atoms with Crippen molar-refractivity contribution >= 4 is 5.91 Å². The maximum atomic E-state index is 13.2. The first kappa shape index (κ1) is 16.0. The van der Waals surface area contributed by atoms with E-state index in [-0.39, 0.29) is 11.7 Å². The van der Waals surface area contributed by atoms with Gasteiger partial charge in [0.1, 0.15) is 23.0 Å². The Kier molecular flexibility index (Phi) is 4.46. The Hall–Kier alpha value is -2.89. The summed E-state index contributed by atoms with van der Waals surface area (Å²) in [4.78, 5) is 12.4. The quantitative estimate of drug-likeness (QED) is 0.777. The number of aromatic nitrogens is 2. The van der Waals surface area contributed by atoms with Crippen LogP contribution in [0.15, 0.2) is 46.9 Å². The largest absolute Gasteiger partial charge is 0.460 e. The second-order valence-corrected chi connectivity index (χ2v) is 5.47. The Labute approximate surface area is 139 Å². The van der Waals surface area contributed by atoms with Gasteiger partial charge in [-0.05, 0) is 49.7 Å². The molecule has 5 nitrogen and oxygen atoms in total. The van der Waals surface area contributed by atoms with Crippen LogP contribution in [0.1, 0.15) is 29.6 Å². The number of aryl methyl sites for hydroxylation is 1. The lowest BCUT2D eigenvalue weighted by Gasteiger charge is -2.07. The van der Waals surface area contributed by atoms with Crippen molar-refractivity contribution < 1.29 is 13.6 Å². The van der Waals surface area contributed by atoms with E-state index in [0.29, 0.717) is 29.4 Å². The van der Waals surface area contributed by atoms with Crippen molar-refractivity contribution in [2.24, 2.45) is 0 Å². The highest BCUT2D eigenvalue weighted by Crippen LogP contribution is 2.24. The van der Waals surface area contributed by atoms with Crippen LogP contribution < -0.4 is 5.32 Å². The highest BCUT2D eigenvalue weighted by atomic mass is 19.1. The number of nitrogens with one attached hydrogen (secondary N) is 1. The van der Waals surface area contributed by atoms with Crippen LogP contribution in [0.4, 0.5) is 4.39 Å². The predicted molar refractivity (Wildman–Crippen MR) is 88.6 cm³/mol. The Morgan fingerprint density at radius 2 is 2.00 bits per heavy atom. The number of rotatable bonds is 5. The molecule has 3 rings (SSSR count). The first-order valence-corrected chi connectivity index (χ1v) is 7.79. The zero-order valence-corrected chi connectivity index (χ0v) is 13.5. The average molecular weight is 327 g/mol. The first-order valence-electron chi connectivity index (χ1n) is 7.79. The van der Waals surface area contributed by atoms with Gasteiger partial charge >= 0.3 is 0 Å². The summed E-state index contributed by atoms with van der Waals surface area (Å²) >= 11 is 0. The monoisotopic (exact) mass is 327 g/mol. The molecule has 1 amide bonds. The number of carbonyl (C=O) groups is 1. The number of carbonyl (C=O) groups excluding carboxylic acids is 1. The van der Waals surface area contributed by atoms with Crippen LogP contribution in [0, 0.1) is 12.7 Å². The van der Waals surface area contributed by atoms with Crippen molar-refractivity contribution in [3.63, 3.8) is 0 Å². The van der Waals surface area contributed by atoms with Gasteiger partial charge in [0.05, 0.1) is 5.69 Å². The molecule has 0 radical (unpaired) electrons. The van der Waals surface area contributed by atoms with Gasteiger partial charge in [0, 0.05) is 12.6 Å². The van der Waals surface area contributed by atoms with Gasteiger partial charge in [0.25, 0.3) is 5.91 Å². The van der Waals surface area contributed by atoms with E-state index in [4.69, 9.17) is 4.42 Å². The fourth-order valence-electron chi connectivity index (χ4n) is 2.34. The van der Waals surface area contributed by atoms with E-state index < -0.39 is 0 Å². The number of hydrogen-bond acceptors (Lipinski definition) is 3. The van der Waals surface area contributed by atoms with Crippen molar-refractivity contribution in [3.8, 4) is 17.1 Å². The molecule has 1 aromatic carbocycles. The molecule has 0 aliphatic rings. The fraction of sp³-hybridized carbons (Fsp3) is 0.222. The van der Waals surface area contributed by atoms with Crippen LogP contribution in [0.3, 0.4) is 0 Å². The van der Waals surface area contributed by atoms with Crippen LogP contribution in [-0.4, -0.2) is 22.2 Å². The second kappa shape index (κ2) is 6.70. The summed E-state index contributed by atoms with van der Waals surface area (Å²) in [6.45, 7) is 4.40. The van der Waals surface area contributed by atoms with Crippen LogP contribution >= 0.6 is 0 Å². The maximum Gasteiger partial charge on any atom is 0.270 e. The molecule has 3 aromatic rings. The average Bonchev–Trinajstić information content (AvgIpc) is 3.19. The summed E-state index contributed by atoms with van der Waals surface area (Å²) in [6, 6.07) is 11.1. The van der Waals surface area contributed by atoms with E-state index in [9.17, 15) is 9.18 Å². The predicted octanol–water partition coefficient (Wildman–Crippen LogP) is 3.72. The number of furan rings is 1. The Morgan fingerprint density at radius 1 is 1.25 bits per heavy atom. The smallest absolute Gasteiger partial charge is 0.270 e. The van der Waals surface area contributed by atoms with Crippen molar-refractivity contribution in [1.29, 1.82) is 0 Å². The van der Waals surface area contributed by atoms with Crippen molar-refractivity contribution in [2.75, 3.05) is 6.54 Å². The summed E-state index contributed by atoms with van der Waals surface area (Å²) in [5.74, 6) is 0.768. The summed E-state index contributed by atoms with van der Waals surface area (Å²) in [6.07, 6.45) is 0.834. The third-order valence-corrected chi connectivity index (χ3v) is 3.54. The highest BCUT2D eigenvalue weighted by molar-refractivity contribution is 5.94. The van der Waals surface area contributed by atoms with Gasteiger partial charge in [-0.1, -0.05) is 6.92 Å². The Morgan fingerprint density at radius 3 is 2.62 bits per heavy atom. The van der Waals surface area contributed by atoms with E-state index in [1.54, 1.807) is 24.3 Å². The minimum absolute atomic E-state index is 0.233. The van der Waals surface area contributed by atoms with Crippen LogP contribution in [0.25, 0.3) is 17.1 Å². The molecule has 0 aliphatic carbocycles. The summed E-state index contributed by atoms with van der Waals surface area (Å²) in [5, 5.41) is 7.30. The summed E-state index contributed by atoms with van der Waals surface area (Å²) in [7, 11) is 0. The molecular weight excluding hydrogens is 309 g/mol. The number of amides is 1. The van der Waals surface area contributed by atoms with Crippen LogP contribution in [0.5, 0.6) is 0 Å². The molecule has 0 fully saturated rings. The van der Waals surface area contributed by atoms with E-state index >= 15 is 0 Å². The lowest BCUT2D eigenvalue weighted by atomic mass is 10.2. The lowest BCUT2D eigenvalue weighted by Crippen LogP contribution is -2.26. The number of hydrogen-bond donors (Lipinski definition) is 1. The standard InChI is InChI=1S/C18H18FN3O2/c1-3-10-20-18(23)16-11-15(17-9-4-12(2)24-17)21-22(16)14-7-5-13(19)6-8-14/h4-9,11H,3,10H2,1-2H3,(H,20,23). The molecule has 2 heterocycles. The van der Waals surface area contributed by atoms with Gasteiger partial charge in [-0.15, -0.1) is 0 Å². The number of benzene rings is 1. The lowest BCUT2D eigenvalue weighted by molar-refractivity contribution is 0.0946. The Bertz CT molecular complexity index is 850. The van der Waals surface area contributed by atoms with Crippen LogP contribution in [0.2, 0.25) is 0 Å². The van der Waals surface area contributed by atoms with Crippen molar-refractivity contribution in [2.45, 2.75) is 20.3 Å². The van der Waals surface area contributed by atoms with Crippen molar-refractivity contribution in [3.05, 3.63) is 59.7 Å². The molecule has 0 atom stereocenters. The van der Waals surface area contributed by atoms with Gasteiger partial charge in [0.2, 0.25) is 0 Å². The van der Waals surface area contributed by atoms with Gasteiger partial charge in [-0.25, -0.2) is 9.07 Å². The molecule has 124 valence electrons. The first-order chi connectivity index (χ1) is 11.6. The van der Waals surface area contributed by atoms with Gasteiger partial charge in [-0.2, -0.15) is 5.10 Å². The molecule has 0 saturated heterocycles. The molecular formula is C18H18FN3O2. The van der Waals surface area contributed by atoms with E-state index in [2.05, 4.69) is 10.4 Å². The molecule has 1 N–H and O–H groups in total. The molecule has 0 aliphatic heterocycles. The fourth-order valence-corrected chi connectivity index (χ4v) is 2.34. The maximum absolute atomic E-state index is 13.2. The second-order valence-electron chi connectivity index (χ2n) is 5.47. The van der Waals surface area contributed by atoms with E-state index in [1.165, 1.54) is 16.8 Å². The molecule has 0 unspecified atom stereocenters. The third kappa shape index (κ3) is 3.22. The van der Waals surface area contributed by atoms with Gasteiger partial charge in [-0.3, -0.25) is 4.79 Å². The highest BCUT2D eigenvalue weighted by Gasteiger charge is 2.18. The molecule has 2 aromatic heterocycles. The molecule has 24 heavy (non-hydrogen) atoms. The minimum Gasteiger partial charge on any atom is -0.460 e. The van der Waals surface area contributed by atoms with Gasteiger partial charge < -0.3 is 9.73 Å². The SMILES string of the molecule is CCCNC(=O)c1cc(-c2ccc(C)o2)nn1-c1ccc(F)cc1. The topological polar surface area (TPSA) is 60.1 Å². The van der Waals surface area contributed by atoms with Crippen molar-refractivity contribution in [1.82, 2.24) is 15.1 Å². The molecule has 0 saturated carbocycles. The zero-order chi connectivity index (χ0) is 17.1. The minimum atomic E-state index is -0.343.